The van der Waals surface area contributed by atoms with Crippen LogP contribution in [0.15, 0.2) is 30.3 Å². The monoisotopic (exact) mass is 403 g/mol. The molecule has 26 heavy (non-hydrogen) atoms. The fraction of sp³-hybridized carbons (Fsp3) is 0.650. The number of rotatable bonds is 6. The molecular formula is C20H35Cl2N3O. The molecule has 0 radical (unpaired) electrons. The number of amides is 1. The standard InChI is InChI=1S/C20H33N3O.2ClH/c1-15-12-23(14-18-8-6-5-7-9-18)13-16(2)20(15)22(4)19(24)11-10-17(3)21;;/h5-9,15-17,20H,10-14,21H2,1-4H3;2*1H. The van der Waals surface area contributed by atoms with Crippen LogP contribution in [0.3, 0.4) is 0 Å². The third kappa shape index (κ3) is 7.07. The van der Waals surface area contributed by atoms with E-state index in [1.54, 1.807) is 0 Å². The molecule has 0 spiro atoms. The van der Waals surface area contributed by atoms with E-state index >= 15 is 0 Å². The van der Waals surface area contributed by atoms with Gasteiger partial charge < -0.3 is 10.6 Å². The highest BCUT2D eigenvalue weighted by Gasteiger charge is 2.36. The van der Waals surface area contributed by atoms with Gasteiger partial charge in [0.15, 0.2) is 0 Å². The molecular weight excluding hydrogens is 369 g/mol. The summed E-state index contributed by atoms with van der Waals surface area (Å²) in [6.07, 6.45) is 1.32. The van der Waals surface area contributed by atoms with Gasteiger partial charge in [-0.1, -0.05) is 44.2 Å². The van der Waals surface area contributed by atoms with Gasteiger partial charge >= 0.3 is 0 Å². The highest BCUT2D eigenvalue weighted by atomic mass is 35.5. The van der Waals surface area contributed by atoms with Crippen LogP contribution in [0.2, 0.25) is 0 Å². The third-order valence-corrected chi connectivity index (χ3v) is 5.16. The lowest BCUT2D eigenvalue weighted by Gasteiger charge is -2.45. The average molecular weight is 404 g/mol. The number of halogens is 2. The summed E-state index contributed by atoms with van der Waals surface area (Å²) < 4.78 is 0. The predicted molar refractivity (Wildman–Crippen MR) is 114 cm³/mol. The van der Waals surface area contributed by atoms with Gasteiger partial charge in [-0.3, -0.25) is 9.69 Å². The minimum atomic E-state index is 0. The summed E-state index contributed by atoms with van der Waals surface area (Å²) in [5.41, 5.74) is 7.15. The molecule has 3 unspecified atom stereocenters. The maximum Gasteiger partial charge on any atom is 0.222 e. The zero-order valence-corrected chi connectivity index (χ0v) is 18.1. The summed E-state index contributed by atoms with van der Waals surface area (Å²) >= 11 is 0. The molecule has 2 N–H and O–H groups in total. The Labute approximate surface area is 171 Å². The molecule has 1 heterocycles. The van der Waals surface area contributed by atoms with E-state index in [1.807, 2.05) is 18.9 Å². The maximum atomic E-state index is 12.5. The highest BCUT2D eigenvalue weighted by Crippen LogP contribution is 2.27. The highest BCUT2D eigenvalue weighted by molar-refractivity contribution is 5.85. The van der Waals surface area contributed by atoms with Crippen molar-refractivity contribution >= 4 is 30.7 Å². The van der Waals surface area contributed by atoms with E-state index in [4.69, 9.17) is 5.73 Å². The Morgan fingerprint density at radius 1 is 1.19 bits per heavy atom. The average Bonchev–Trinajstić information content (AvgIpc) is 2.52. The molecule has 1 aliphatic heterocycles. The second-order valence-electron chi connectivity index (χ2n) is 7.65. The molecule has 0 aromatic heterocycles. The molecule has 0 bridgehead atoms. The van der Waals surface area contributed by atoms with Crippen molar-refractivity contribution < 1.29 is 4.79 Å². The summed E-state index contributed by atoms with van der Waals surface area (Å²) in [7, 11) is 1.97. The van der Waals surface area contributed by atoms with E-state index in [0.717, 1.165) is 26.1 Å². The molecule has 1 aromatic rings. The van der Waals surface area contributed by atoms with Crippen LogP contribution in [0.5, 0.6) is 0 Å². The first-order valence-corrected chi connectivity index (χ1v) is 9.16. The number of carbonyl (C=O) groups is 1. The van der Waals surface area contributed by atoms with Crippen molar-refractivity contribution in [1.29, 1.82) is 0 Å². The van der Waals surface area contributed by atoms with Crippen LogP contribution < -0.4 is 5.73 Å². The SMILES string of the molecule is CC(N)CCC(=O)N(C)C1C(C)CN(Cc2ccccc2)CC1C.Cl.Cl. The van der Waals surface area contributed by atoms with Crippen LogP contribution in [0.4, 0.5) is 0 Å². The number of likely N-dealkylation sites (tertiary alicyclic amines) is 1. The van der Waals surface area contributed by atoms with Crippen molar-refractivity contribution in [3.63, 3.8) is 0 Å². The van der Waals surface area contributed by atoms with E-state index in [9.17, 15) is 4.79 Å². The maximum absolute atomic E-state index is 12.5. The lowest BCUT2D eigenvalue weighted by atomic mass is 9.84. The van der Waals surface area contributed by atoms with Gasteiger partial charge in [0.05, 0.1) is 0 Å². The molecule has 6 heteroatoms. The van der Waals surface area contributed by atoms with E-state index in [1.165, 1.54) is 5.56 Å². The Balaban J connectivity index is 0.00000312. The van der Waals surface area contributed by atoms with Crippen molar-refractivity contribution in [2.24, 2.45) is 17.6 Å². The summed E-state index contributed by atoms with van der Waals surface area (Å²) in [6.45, 7) is 9.57. The summed E-state index contributed by atoms with van der Waals surface area (Å²) in [5.74, 6) is 1.18. The second kappa shape index (κ2) is 11.8. The summed E-state index contributed by atoms with van der Waals surface area (Å²) in [5, 5.41) is 0. The Hall–Kier alpha value is -0.810. The van der Waals surface area contributed by atoms with E-state index in [0.29, 0.717) is 24.3 Å². The first kappa shape index (κ1) is 25.2. The third-order valence-electron chi connectivity index (χ3n) is 5.16. The van der Waals surface area contributed by atoms with Crippen LogP contribution in [0.1, 0.15) is 39.2 Å². The number of carbonyl (C=O) groups excluding carboxylic acids is 1. The van der Waals surface area contributed by atoms with Gasteiger partial charge in [0, 0.05) is 45.2 Å². The number of hydrogen-bond donors (Lipinski definition) is 1. The molecule has 4 nitrogen and oxygen atoms in total. The summed E-state index contributed by atoms with van der Waals surface area (Å²) in [4.78, 5) is 17.0. The molecule has 1 aromatic carbocycles. The van der Waals surface area contributed by atoms with Gasteiger partial charge in [-0.15, -0.1) is 24.8 Å². The lowest BCUT2D eigenvalue weighted by molar-refractivity contribution is -0.136. The largest absolute Gasteiger partial charge is 0.342 e. The molecule has 1 aliphatic rings. The Morgan fingerprint density at radius 2 is 1.73 bits per heavy atom. The van der Waals surface area contributed by atoms with Crippen LogP contribution in [-0.4, -0.2) is 47.9 Å². The first-order valence-electron chi connectivity index (χ1n) is 9.16. The molecule has 150 valence electrons. The number of hydrogen-bond acceptors (Lipinski definition) is 3. The van der Waals surface area contributed by atoms with Crippen molar-refractivity contribution in [1.82, 2.24) is 9.80 Å². The smallest absolute Gasteiger partial charge is 0.222 e. The normalized spacial score (nSPS) is 24.1. The number of nitrogens with two attached hydrogens (primary N) is 1. The zero-order valence-electron chi connectivity index (χ0n) is 16.4. The quantitative estimate of drug-likeness (QED) is 0.789. The number of piperidine rings is 1. The van der Waals surface area contributed by atoms with Gasteiger partial charge in [0.2, 0.25) is 5.91 Å². The zero-order chi connectivity index (χ0) is 17.7. The van der Waals surface area contributed by atoms with E-state index in [-0.39, 0.29) is 36.8 Å². The Morgan fingerprint density at radius 3 is 2.23 bits per heavy atom. The Bertz CT molecular complexity index is 515. The fourth-order valence-electron chi connectivity index (χ4n) is 4.09. The first-order chi connectivity index (χ1) is 11.4. The van der Waals surface area contributed by atoms with Gasteiger partial charge in [0.1, 0.15) is 0 Å². The van der Waals surface area contributed by atoms with Gasteiger partial charge in [-0.2, -0.15) is 0 Å². The molecule has 1 amide bonds. The molecule has 1 saturated heterocycles. The molecule has 1 fully saturated rings. The van der Waals surface area contributed by atoms with Crippen molar-refractivity contribution in [2.75, 3.05) is 20.1 Å². The molecule has 0 aliphatic carbocycles. The van der Waals surface area contributed by atoms with E-state index < -0.39 is 0 Å². The molecule has 0 saturated carbocycles. The van der Waals surface area contributed by atoms with Crippen molar-refractivity contribution in [3.05, 3.63) is 35.9 Å². The van der Waals surface area contributed by atoms with Gasteiger partial charge in [-0.05, 0) is 30.7 Å². The predicted octanol–water partition coefficient (Wildman–Crippen LogP) is 3.57. The minimum Gasteiger partial charge on any atom is -0.342 e. The van der Waals surface area contributed by atoms with Crippen LogP contribution >= 0.6 is 24.8 Å². The van der Waals surface area contributed by atoms with Crippen molar-refractivity contribution in [2.45, 2.75) is 52.2 Å². The minimum absolute atomic E-state index is 0. The van der Waals surface area contributed by atoms with E-state index in [2.05, 4.69) is 49.1 Å². The lowest BCUT2D eigenvalue weighted by Crippen LogP contribution is -2.55. The molecule has 3 atom stereocenters. The van der Waals surface area contributed by atoms with Crippen LogP contribution in [0, 0.1) is 11.8 Å². The fourth-order valence-corrected chi connectivity index (χ4v) is 4.09. The molecule has 2 rings (SSSR count). The number of benzene rings is 1. The topological polar surface area (TPSA) is 49.6 Å². The second-order valence-corrected chi connectivity index (χ2v) is 7.65. The van der Waals surface area contributed by atoms with Crippen LogP contribution in [-0.2, 0) is 11.3 Å². The van der Waals surface area contributed by atoms with Crippen molar-refractivity contribution in [3.8, 4) is 0 Å². The number of nitrogens with zero attached hydrogens (tertiary/aromatic N) is 2. The van der Waals surface area contributed by atoms with Gasteiger partial charge in [0.25, 0.3) is 0 Å². The Kier molecular flexibility index (Phi) is 11.4. The summed E-state index contributed by atoms with van der Waals surface area (Å²) in [6, 6.07) is 11.0. The van der Waals surface area contributed by atoms with Gasteiger partial charge in [-0.25, -0.2) is 0 Å². The van der Waals surface area contributed by atoms with Crippen LogP contribution in [0.25, 0.3) is 0 Å².